The molecule has 7 aromatic carbocycles. The minimum absolute atomic E-state index is 0.483. The topological polar surface area (TPSA) is 47.6 Å². The van der Waals surface area contributed by atoms with Gasteiger partial charge in [0.1, 0.15) is 0 Å². The SMILES string of the molecule is N#Cc1cccc(C#N)c1-c1cc(-c2ccc3sc4ccccc4c3c2)c(-c2ccccc2)c(-c2ccc3sc4ccccc4c3c2)c1. The number of hydrogen-bond donors (Lipinski definition) is 0. The van der Waals surface area contributed by atoms with E-state index in [4.69, 9.17) is 0 Å². The second-order valence-corrected chi connectivity index (χ2v) is 14.1. The van der Waals surface area contributed by atoms with Crippen LogP contribution in [-0.4, -0.2) is 0 Å². The van der Waals surface area contributed by atoms with Gasteiger partial charge in [-0.25, -0.2) is 0 Å². The van der Waals surface area contributed by atoms with E-state index in [0.29, 0.717) is 16.7 Å². The maximum absolute atomic E-state index is 10.2. The highest BCUT2D eigenvalue weighted by molar-refractivity contribution is 7.26. The van der Waals surface area contributed by atoms with Crippen molar-refractivity contribution in [2.75, 3.05) is 0 Å². The van der Waals surface area contributed by atoms with Gasteiger partial charge in [-0.2, -0.15) is 10.5 Å². The maximum Gasteiger partial charge on any atom is 0.0998 e. The van der Waals surface area contributed by atoms with Gasteiger partial charge in [0.2, 0.25) is 0 Å². The second kappa shape index (κ2) is 11.3. The highest BCUT2D eigenvalue weighted by Crippen LogP contribution is 2.47. The van der Waals surface area contributed by atoms with Gasteiger partial charge in [0, 0.05) is 45.9 Å². The fraction of sp³-hybridized carbons (Fsp3) is 0. The number of nitrogens with zero attached hydrogens (tertiary/aromatic N) is 2. The van der Waals surface area contributed by atoms with Gasteiger partial charge in [-0.15, -0.1) is 22.7 Å². The number of nitriles is 2. The Morgan fingerprint density at radius 3 is 1.35 bits per heavy atom. The van der Waals surface area contributed by atoms with Crippen LogP contribution in [0.15, 0.2) is 146 Å². The Morgan fingerprint density at radius 2 is 0.833 bits per heavy atom. The molecule has 9 rings (SSSR count). The first kappa shape index (κ1) is 28.2. The van der Waals surface area contributed by atoms with E-state index in [1.54, 1.807) is 18.2 Å². The molecule has 0 aliphatic heterocycles. The molecule has 0 aliphatic carbocycles. The van der Waals surface area contributed by atoms with Gasteiger partial charge in [-0.1, -0.05) is 84.9 Å². The third-order valence-electron chi connectivity index (χ3n) is 9.17. The van der Waals surface area contributed by atoms with Crippen molar-refractivity contribution in [1.29, 1.82) is 10.5 Å². The van der Waals surface area contributed by atoms with E-state index in [-0.39, 0.29) is 0 Å². The summed E-state index contributed by atoms with van der Waals surface area (Å²) in [6.45, 7) is 0. The van der Waals surface area contributed by atoms with Crippen LogP contribution in [-0.2, 0) is 0 Å². The van der Waals surface area contributed by atoms with Gasteiger partial charge in [0.15, 0.2) is 0 Å². The first-order valence-corrected chi connectivity index (χ1v) is 17.3. The average molecular weight is 645 g/mol. The van der Waals surface area contributed by atoms with E-state index in [9.17, 15) is 10.5 Å². The molecule has 2 aromatic heterocycles. The van der Waals surface area contributed by atoms with Crippen LogP contribution in [0.1, 0.15) is 11.1 Å². The molecule has 4 heteroatoms. The molecule has 0 N–H and O–H groups in total. The van der Waals surface area contributed by atoms with Crippen LogP contribution in [0.3, 0.4) is 0 Å². The normalized spacial score (nSPS) is 11.3. The van der Waals surface area contributed by atoms with Gasteiger partial charge in [-0.3, -0.25) is 0 Å². The molecule has 0 saturated heterocycles. The van der Waals surface area contributed by atoms with Crippen molar-refractivity contribution in [3.05, 3.63) is 157 Å². The standard InChI is InChI=1S/C44H24N2S2/c45-25-30-11-8-12-31(26-46)43(30)32-23-35(28-17-19-41-37(21-28)33-13-4-6-15-39(33)47-41)44(27-9-2-1-3-10-27)36(24-32)29-18-20-42-38(22-29)34-14-5-7-16-40(34)48-42/h1-24H. The van der Waals surface area contributed by atoms with E-state index in [1.807, 2.05) is 28.7 Å². The van der Waals surface area contributed by atoms with Crippen LogP contribution in [0, 0.1) is 22.7 Å². The molecular formula is C44H24N2S2. The minimum atomic E-state index is 0.483. The molecule has 0 aliphatic rings. The number of rotatable bonds is 4. The molecule has 0 radical (unpaired) electrons. The number of fused-ring (bicyclic) bond motifs is 6. The molecule has 2 heterocycles. The quantitative estimate of drug-likeness (QED) is 0.191. The Labute approximate surface area is 285 Å². The van der Waals surface area contributed by atoms with Crippen molar-refractivity contribution in [2.45, 2.75) is 0 Å². The van der Waals surface area contributed by atoms with Crippen molar-refractivity contribution >= 4 is 63.0 Å². The molecule has 222 valence electrons. The van der Waals surface area contributed by atoms with E-state index in [1.165, 1.54) is 40.3 Å². The molecule has 0 spiro atoms. The van der Waals surface area contributed by atoms with Gasteiger partial charge in [0.25, 0.3) is 0 Å². The Hall–Kier alpha value is -6.04. The van der Waals surface area contributed by atoms with Gasteiger partial charge in [0.05, 0.1) is 23.3 Å². The van der Waals surface area contributed by atoms with E-state index >= 15 is 0 Å². The predicted octanol–water partition coefficient (Wildman–Crippen LogP) is 12.8. The van der Waals surface area contributed by atoms with Gasteiger partial charge in [-0.05, 0) is 99.6 Å². The fourth-order valence-corrected chi connectivity index (χ4v) is 9.17. The van der Waals surface area contributed by atoms with Crippen LogP contribution >= 0.6 is 22.7 Å². The monoisotopic (exact) mass is 644 g/mol. The zero-order valence-electron chi connectivity index (χ0n) is 25.6. The Bertz CT molecular complexity index is 2640. The lowest BCUT2D eigenvalue weighted by Gasteiger charge is -2.20. The number of benzene rings is 7. The van der Waals surface area contributed by atoms with Crippen molar-refractivity contribution in [3.8, 4) is 56.6 Å². The molecule has 0 amide bonds. The van der Waals surface area contributed by atoms with Gasteiger partial charge < -0.3 is 0 Å². The average Bonchev–Trinajstić information content (AvgIpc) is 3.72. The summed E-state index contributed by atoms with van der Waals surface area (Å²) in [5.74, 6) is 0. The van der Waals surface area contributed by atoms with Crippen LogP contribution < -0.4 is 0 Å². The summed E-state index contributed by atoms with van der Waals surface area (Å²) in [5, 5.41) is 25.4. The summed E-state index contributed by atoms with van der Waals surface area (Å²) in [6.07, 6.45) is 0. The fourth-order valence-electron chi connectivity index (χ4n) is 6.99. The molecule has 9 aromatic rings. The molecule has 0 fully saturated rings. The van der Waals surface area contributed by atoms with Crippen molar-refractivity contribution in [1.82, 2.24) is 0 Å². The highest BCUT2D eigenvalue weighted by Gasteiger charge is 2.21. The van der Waals surface area contributed by atoms with E-state index in [0.717, 1.165) is 38.9 Å². The zero-order valence-corrected chi connectivity index (χ0v) is 27.2. The summed E-state index contributed by atoms with van der Waals surface area (Å²) >= 11 is 3.62. The highest BCUT2D eigenvalue weighted by atomic mass is 32.1. The van der Waals surface area contributed by atoms with Gasteiger partial charge >= 0.3 is 0 Å². The van der Waals surface area contributed by atoms with E-state index in [2.05, 4.69) is 133 Å². The smallest absolute Gasteiger partial charge is 0.0998 e. The zero-order chi connectivity index (χ0) is 32.2. The molecular weight excluding hydrogens is 621 g/mol. The van der Waals surface area contributed by atoms with Crippen LogP contribution in [0.4, 0.5) is 0 Å². The Morgan fingerprint density at radius 1 is 0.354 bits per heavy atom. The Kier molecular flexibility index (Phi) is 6.66. The molecule has 0 saturated carbocycles. The van der Waals surface area contributed by atoms with Crippen molar-refractivity contribution in [3.63, 3.8) is 0 Å². The van der Waals surface area contributed by atoms with Crippen molar-refractivity contribution in [2.24, 2.45) is 0 Å². The molecule has 0 bridgehead atoms. The summed E-state index contributed by atoms with van der Waals surface area (Å²) < 4.78 is 5.02. The predicted molar refractivity (Wildman–Crippen MR) is 203 cm³/mol. The summed E-state index contributed by atoms with van der Waals surface area (Å²) in [5.41, 5.74) is 8.97. The lowest BCUT2D eigenvalue weighted by Crippen LogP contribution is -1.96. The van der Waals surface area contributed by atoms with Crippen LogP contribution in [0.2, 0.25) is 0 Å². The second-order valence-electron chi connectivity index (χ2n) is 11.9. The molecule has 48 heavy (non-hydrogen) atoms. The third kappa shape index (κ3) is 4.51. The third-order valence-corrected chi connectivity index (χ3v) is 11.5. The lowest BCUT2D eigenvalue weighted by atomic mass is 9.83. The first-order chi connectivity index (χ1) is 23.7. The lowest BCUT2D eigenvalue weighted by molar-refractivity contribution is 1.44. The first-order valence-electron chi connectivity index (χ1n) is 15.7. The van der Waals surface area contributed by atoms with Crippen LogP contribution in [0.25, 0.3) is 84.9 Å². The van der Waals surface area contributed by atoms with Crippen LogP contribution in [0.5, 0.6) is 0 Å². The number of hydrogen-bond acceptors (Lipinski definition) is 4. The Balaban J connectivity index is 1.42. The molecule has 0 atom stereocenters. The summed E-state index contributed by atoms with van der Waals surface area (Å²) in [6, 6.07) is 55.7. The van der Waals surface area contributed by atoms with E-state index < -0.39 is 0 Å². The van der Waals surface area contributed by atoms with Crippen molar-refractivity contribution < 1.29 is 0 Å². The number of thiophene rings is 2. The molecule has 0 unspecified atom stereocenters. The minimum Gasteiger partial charge on any atom is -0.192 e. The maximum atomic E-state index is 10.2. The largest absolute Gasteiger partial charge is 0.192 e. The summed E-state index contributed by atoms with van der Waals surface area (Å²) in [4.78, 5) is 0. The summed E-state index contributed by atoms with van der Waals surface area (Å²) in [7, 11) is 0. The molecule has 2 nitrogen and oxygen atoms in total.